The molecule has 0 aromatic heterocycles. The van der Waals surface area contributed by atoms with Gasteiger partial charge in [0.2, 0.25) is 5.91 Å². The van der Waals surface area contributed by atoms with Crippen molar-refractivity contribution in [1.29, 1.82) is 0 Å². The lowest BCUT2D eigenvalue weighted by atomic mass is 10.1. The minimum atomic E-state index is -1.12. The second-order valence-electron chi connectivity index (χ2n) is 4.84. The standard InChI is InChI=1S/C16H15F2NO2/c1-10-5-13(18)8-14(6-10)19-16(21)9-15(20)11-3-2-4-12(17)7-11/h2-8,15,20H,9H2,1H3,(H,19,21). The number of aliphatic hydroxyl groups is 1. The highest BCUT2D eigenvalue weighted by atomic mass is 19.1. The maximum absolute atomic E-state index is 13.2. The summed E-state index contributed by atoms with van der Waals surface area (Å²) in [4.78, 5) is 11.8. The number of rotatable bonds is 4. The predicted octanol–water partition coefficient (Wildman–Crippen LogP) is 3.34. The number of halogens is 2. The van der Waals surface area contributed by atoms with E-state index in [1.54, 1.807) is 13.0 Å². The van der Waals surface area contributed by atoms with Gasteiger partial charge in [-0.15, -0.1) is 0 Å². The molecule has 2 aromatic carbocycles. The first kappa shape index (κ1) is 15.1. The Morgan fingerprint density at radius 3 is 2.62 bits per heavy atom. The van der Waals surface area contributed by atoms with Gasteiger partial charge in [0.25, 0.3) is 0 Å². The van der Waals surface area contributed by atoms with Crippen LogP contribution in [0, 0.1) is 18.6 Å². The second kappa shape index (κ2) is 6.45. The molecule has 2 rings (SSSR count). The molecule has 3 nitrogen and oxygen atoms in total. The third-order valence-corrected chi connectivity index (χ3v) is 2.94. The van der Waals surface area contributed by atoms with Crippen molar-refractivity contribution in [2.75, 3.05) is 5.32 Å². The first-order chi connectivity index (χ1) is 9.94. The molecule has 1 unspecified atom stereocenters. The number of carbonyl (C=O) groups excluding carboxylic acids is 1. The largest absolute Gasteiger partial charge is 0.388 e. The van der Waals surface area contributed by atoms with Crippen molar-refractivity contribution in [3.05, 3.63) is 65.2 Å². The normalized spacial score (nSPS) is 12.0. The Bertz CT molecular complexity index is 638. The van der Waals surface area contributed by atoms with Gasteiger partial charge in [0, 0.05) is 5.69 Å². The molecule has 0 radical (unpaired) electrons. The number of carbonyl (C=O) groups is 1. The zero-order chi connectivity index (χ0) is 15.4. The van der Waals surface area contributed by atoms with Gasteiger partial charge >= 0.3 is 0 Å². The molecule has 1 amide bonds. The molecule has 0 saturated carbocycles. The number of amides is 1. The monoisotopic (exact) mass is 291 g/mol. The lowest BCUT2D eigenvalue weighted by molar-refractivity contribution is -0.118. The second-order valence-corrected chi connectivity index (χ2v) is 4.84. The number of aliphatic hydroxyl groups excluding tert-OH is 1. The molecule has 110 valence electrons. The molecule has 0 spiro atoms. The third kappa shape index (κ3) is 4.36. The van der Waals surface area contributed by atoms with Crippen molar-refractivity contribution in [3.63, 3.8) is 0 Å². The molecule has 0 heterocycles. The van der Waals surface area contributed by atoms with E-state index < -0.39 is 23.6 Å². The van der Waals surface area contributed by atoms with Crippen molar-refractivity contribution in [1.82, 2.24) is 0 Å². The number of hydrogen-bond donors (Lipinski definition) is 2. The van der Waals surface area contributed by atoms with Crippen LogP contribution >= 0.6 is 0 Å². The Morgan fingerprint density at radius 2 is 1.95 bits per heavy atom. The Kier molecular flexibility index (Phi) is 4.65. The Hall–Kier alpha value is -2.27. The van der Waals surface area contributed by atoms with Crippen LogP contribution in [0.15, 0.2) is 42.5 Å². The van der Waals surface area contributed by atoms with Crippen LogP contribution < -0.4 is 5.32 Å². The van der Waals surface area contributed by atoms with E-state index >= 15 is 0 Å². The Morgan fingerprint density at radius 1 is 1.19 bits per heavy atom. The van der Waals surface area contributed by atoms with Gasteiger partial charge in [0.15, 0.2) is 0 Å². The van der Waals surface area contributed by atoms with Gasteiger partial charge in [-0.05, 0) is 48.4 Å². The van der Waals surface area contributed by atoms with E-state index in [1.165, 1.54) is 36.4 Å². The maximum Gasteiger partial charge on any atom is 0.227 e. The summed E-state index contributed by atoms with van der Waals surface area (Å²) in [7, 11) is 0. The lowest BCUT2D eigenvalue weighted by Crippen LogP contribution is -2.15. The van der Waals surface area contributed by atoms with Crippen molar-refractivity contribution in [3.8, 4) is 0 Å². The van der Waals surface area contributed by atoms with Gasteiger partial charge < -0.3 is 10.4 Å². The molecular weight excluding hydrogens is 276 g/mol. The van der Waals surface area contributed by atoms with Crippen molar-refractivity contribution >= 4 is 11.6 Å². The van der Waals surface area contributed by atoms with Crippen LogP contribution in [-0.4, -0.2) is 11.0 Å². The maximum atomic E-state index is 13.2. The highest BCUT2D eigenvalue weighted by molar-refractivity contribution is 5.91. The summed E-state index contributed by atoms with van der Waals surface area (Å²) in [6.45, 7) is 1.71. The molecule has 0 aliphatic rings. The number of hydrogen-bond acceptors (Lipinski definition) is 2. The summed E-state index contributed by atoms with van der Waals surface area (Å²) in [5.74, 6) is -1.40. The van der Waals surface area contributed by atoms with Crippen molar-refractivity contribution < 1.29 is 18.7 Å². The summed E-state index contributed by atoms with van der Waals surface area (Å²) in [5.41, 5.74) is 1.32. The molecule has 0 fully saturated rings. The number of nitrogens with one attached hydrogen (secondary N) is 1. The quantitative estimate of drug-likeness (QED) is 0.907. The summed E-state index contributed by atoms with van der Waals surface area (Å²) < 4.78 is 26.3. The van der Waals surface area contributed by atoms with Crippen LogP contribution in [0.3, 0.4) is 0 Å². The van der Waals surface area contributed by atoms with Crippen molar-refractivity contribution in [2.24, 2.45) is 0 Å². The SMILES string of the molecule is Cc1cc(F)cc(NC(=O)CC(O)c2cccc(F)c2)c1. The van der Waals surface area contributed by atoms with E-state index in [1.807, 2.05) is 0 Å². The van der Waals surface area contributed by atoms with Crippen LogP contribution in [0.25, 0.3) is 0 Å². The highest BCUT2D eigenvalue weighted by Crippen LogP contribution is 2.19. The van der Waals surface area contributed by atoms with Crippen LogP contribution in [0.5, 0.6) is 0 Å². The van der Waals surface area contributed by atoms with E-state index in [-0.39, 0.29) is 6.42 Å². The molecule has 1 atom stereocenters. The minimum absolute atomic E-state index is 0.237. The van der Waals surface area contributed by atoms with Gasteiger partial charge in [-0.3, -0.25) is 4.79 Å². The predicted molar refractivity (Wildman–Crippen MR) is 75.7 cm³/mol. The first-order valence-corrected chi connectivity index (χ1v) is 6.44. The number of aryl methyl sites for hydroxylation is 1. The Labute approximate surface area is 121 Å². The lowest BCUT2D eigenvalue weighted by Gasteiger charge is -2.12. The van der Waals surface area contributed by atoms with E-state index in [0.717, 1.165) is 0 Å². The molecule has 2 N–H and O–H groups in total. The molecular formula is C16H15F2NO2. The Balaban J connectivity index is 2.01. The summed E-state index contributed by atoms with van der Waals surface area (Å²) in [6, 6.07) is 9.58. The van der Waals surface area contributed by atoms with Gasteiger partial charge in [0.05, 0.1) is 12.5 Å². The summed E-state index contributed by atoms with van der Waals surface area (Å²) in [5, 5.41) is 12.4. The van der Waals surface area contributed by atoms with Crippen LogP contribution in [0.4, 0.5) is 14.5 Å². The fourth-order valence-corrected chi connectivity index (χ4v) is 2.03. The number of anilines is 1. The van der Waals surface area contributed by atoms with Gasteiger partial charge in [0.1, 0.15) is 11.6 Å². The van der Waals surface area contributed by atoms with Crippen LogP contribution in [0.1, 0.15) is 23.7 Å². The topological polar surface area (TPSA) is 49.3 Å². The molecule has 5 heteroatoms. The fraction of sp³-hybridized carbons (Fsp3) is 0.188. The van der Waals surface area contributed by atoms with Crippen LogP contribution in [-0.2, 0) is 4.79 Å². The zero-order valence-electron chi connectivity index (χ0n) is 11.4. The minimum Gasteiger partial charge on any atom is -0.388 e. The van der Waals surface area contributed by atoms with Gasteiger partial charge in [-0.1, -0.05) is 12.1 Å². The van der Waals surface area contributed by atoms with E-state index in [0.29, 0.717) is 16.8 Å². The van der Waals surface area contributed by atoms with Gasteiger partial charge in [-0.25, -0.2) is 8.78 Å². The average molecular weight is 291 g/mol. The first-order valence-electron chi connectivity index (χ1n) is 6.44. The van der Waals surface area contributed by atoms with E-state index in [4.69, 9.17) is 0 Å². The fourth-order valence-electron chi connectivity index (χ4n) is 2.03. The molecule has 0 bridgehead atoms. The van der Waals surface area contributed by atoms with Gasteiger partial charge in [-0.2, -0.15) is 0 Å². The van der Waals surface area contributed by atoms with Crippen LogP contribution in [0.2, 0.25) is 0 Å². The highest BCUT2D eigenvalue weighted by Gasteiger charge is 2.14. The van der Waals surface area contributed by atoms with E-state index in [9.17, 15) is 18.7 Å². The van der Waals surface area contributed by atoms with Crippen molar-refractivity contribution in [2.45, 2.75) is 19.4 Å². The molecule has 0 aliphatic carbocycles. The number of benzene rings is 2. The molecule has 0 saturated heterocycles. The summed E-state index contributed by atoms with van der Waals surface area (Å²) >= 11 is 0. The molecule has 0 aliphatic heterocycles. The zero-order valence-corrected chi connectivity index (χ0v) is 11.4. The van der Waals surface area contributed by atoms with E-state index in [2.05, 4.69) is 5.32 Å². The smallest absolute Gasteiger partial charge is 0.227 e. The summed E-state index contributed by atoms with van der Waals surface area (Å²) in [6.07, 6.45) is -1.35. The average Bonchev–Trinajstić information content (AvgIpc) is 2.37. The third-order valence-electron chi connectivity index (χ3n) is 2.94. The molecule has 2 aromatic rings. The molecule has 21 heavy (non-hydrogen) atoms.